The first-order chi connectivity index (χ1) is 11.6. The zero-order valence-corrected chi connectivity index (χ0v) is 13.7. The monoisotopic (exact) mass is 328 g/mol. The van der Waals surface area contributed by atoms with E-state index >= 15 is 0 Å². The molecule has 1 aliphatic rings. The predicted molar refractivity (Wildman–Crippen MR) is 89.5 cm³/mol. The largest absolute Gasteiger partial charge is 0.493 e. The summed E-state index contributed by atoms with van der Waals surface area (Å²) in [7, 11) is 0. The van der Waals surface area contributed by atoms with Gasteiger partial charge in [-0.05, 0) is 55.7 Å². The van der Waals surface area contributed by atoms with Gasteiger partial charge in [-0.3, -0.25) is 9.78 Å². The van der Waals surface area contributed by atoms with Crippen molar-refractivity contribution in [3.8, 4) is 5.75 Å². The molecule has 1 fully saturated rings. The minimum Gasteiger partial charge on any atom is -0.493 e. The average Bonchev–Trinajstić information content (AvgIpc) is 2.61. The molecule has 2 heterocycles. The normalized spacial score (nSPS) is 17.6. The number of hydrogen-bond donors (Lipinski definition) is 0. The number of benzene rings is 1. The molecule has 0 aliphatic carbocycles. The van der Waals surface area contributed by atoms with E-state index in [1.165, 1.54) is 12.1 Å². The summed E-state index contributed by atoms with van der Waals surface area (Å²) in [6.45, 7) is 3.89. The molecule has 0 spiro atoms. The van der Waals surface area contributed by atoms with Gasteiger partial charge in [-0.2, -0.15) is 0 Å². The minimum absolute atomic E-state index is 0.0343. The van der Waals surface area contributed by atoms with Crippen LogP contribution in [0.3, 0.4) is 0 Å². The van der Waals surface area contributed by atoms with Crippen LogP contribution in [-0.2, 0) is 0 Å². The molecule has 24 heavy (non-hydrogen) atoms. The Morgan fingerprint density at radius 3 is 2.88 bits per heavy atom. The highest BCUT2D eigenvalue weighted by molar-refractivity contribution is 5.95. The van der Waals surface area contributed by atoms with Crippen LogP contribution in [0, 0.1) is 18.7 Å². The number of piperidine rings is 1. The van der Waals surface area contributed by atoms with E-state index in [1.54, 1.807) is 24.5 Å². The number of hydrogen-bond acceptors (Lipinski definition) is 3. The number of pyridine rings is 1. The second-order valence-corrected chi connectivity index (χ2v) is 6.21. The number of aryl methyl sites for hydroxylation is 1. The maximum absolute atomic E-state index is 12.9. The molecule has 1 aromatic carbocycles. The van der Waals surface area contributed by atoms with Crippen molar-refractivity contribution in [2.45, 2.75) is 19.8 Å². The molecule has 2 aromatic rings. The summed E-state index contributed by atoms with van der Waals surface area (Å²) >= 11 is 0. The van der Waals surface area contributed by atoms with Crippen molar-refractivity contribution in [2.75, 3.05) is 19.7 Å². The summed E-state index contributed by atoms with van der Waals surface area (Å²) in [5.74, 6) is 0.698. The van der Waals surface area contributed by atoms with Crippen LogP contribution < -0.4 is 4.74 Å². The van der Waals surface area contributed by atoms with Gasteiger partial charge in [0.05, 0.1) is 12.2 Å². The first-order valence-electron chi connectivity index (χ1n) is 8.22. The Labute approximate surface area is 141 Å². The summed E-state index contributed by atoms with van der Waals surface area (Å²) in [5.41, 5.74) is 1.61. The third-order valence-corrected chi connectivity index (χ3v) is 4.38. The third kappa shape index (κ3) is 3.91. The number of aromatic nitrogens is 1. The number of rotatable bonds is 4. The van der Waals surface area contributed by atoms with Crippen LogP contribution in [0.15, 0.2) is 42.7 Å². The fraction of sp³-hybridized carbons (Fsp3) is 0.368. The lowest BCUT2D eigenvalue weighted by Gasteiger charge is -2.33. The SMILES string of the molecule is Cc1ccncc1C(=O)N1CCC[C@H](COc2ccc(F)cc2)C1. The van der Waals surface area contributed by atoms with E-state index in [9.17, 15) is 9.18 Å². The second kappa shape index (κ2) is 7.43. The summed E-state index contributed by atoms with van der Waals surface area (Å²) in [4.78, 5) is 18.6. The molecule has 0 bridgehead atoms. The summed E-state index contributed by atoms with van der Waals surface area (Å²) in [5, 5.41) is 0. The van der Waals surface area contributed by atoms with Gasteiger partial charge in [-0.25, -0.2) is 4.39 Å². The van der Waals surface area contributed by atoms with E-state index in [1.807, 2.05) is 17.9 Å². The average molecular weight is 328 g/mol. The van der Waals surface area contributed by atoms with Crippen molar-refractivity contribution >= 4 is 5.91 Å². The molecule has 126 valence electrons. The van der Waals surface area contributed by atoms with Crippen molar-refractivity contribution < 1.29 is 13.9 Å². The quantitative estimate of drug-likeness (QED) is 0.863. The highest BCUT2D eigenvalue weighted by Gasteiger charge is 2.25. The lowest BCUT2D eigenvalue weighted by Crippen LogP contribution is -2.41. The molecule has 0 saturated carbocycles. The Kier molecular flexibility index (Phi) is 5.08. The number of carbonyl (C=O) groups excluding carboxylic acids is 1. The first kappa shape index (κ1) is 16.4. The Hall–Kier alpha value is -2.43. The highest BCUT2D eigenvalue weighted by Crippen LogP contribution is 2.21. The second-order valence-electron chi connectivity index (χ2n) is 6.21. The van der Waals surface area contributed by atoms with E-state index in [2.05, 4.69) is 4.98 Å². The zero-order chi connectivity index (χ0) is 16.9. The van der Waals surface area contributed by atoms with Crippen molar-refractivity contribution in [3.63, 3.8) is 0 Å². The van der Waals surface area contributed by atoms with Gasteiger partial charge in [-0.15, -0.1) is 0 Å². The van der Waals surface area contributed by atoms with Crippen LogP contribution in [0.25, 0.3) is 0 Å². The third-order valence-electron chi connectivity index (χ3n) is 4.38. The maximum Gasteiger partial charge on any atom is 0.255 e. The van der Waals surface area contributed by atoms with E-state index < -0.39 is 0 Å². The van der Waals surface area contributed by atoms with Gasteiger partial charge >= 0.3 is 0 Å². The molecule has 0 unspecified atom stereocenters. The molecule has 1 aromatic heterocycles. The Balaban J connectivity index is 1.59. The summed E-state index contributed by atoms with van der Waals surface area (Å²) in [6.07, 6.45) is 5.32. The van der Waals surface area contributed by atoms with E-state index in [0.717, 1.165) is 24.9 Å². The van der Waals surface area contributed by atoms with Gasteiger partial charge in [0.15, 0.2) is 0 Å². The van der Waals surface area contributed by atoms with Gasteiger partial charge < -0.3 is 9.64 Å². The molecule has 0 radical (unpaired) electrons. The molecule has 1 amide bonds. The van der Waals surface area contributed by atoms with Crippen molar-refractivity contribution in [3.05, 3.63) is 59.7 Å². The number of halogens is 1. The topological polar surface area (TPSA) is 42.4 Å². The Bertz CT molecular complexity index is 703. The number of ether oxygens (including phenoxy) is 1. The van der Waals surface area contributed by atoms with Crippen molar-refractivity contribution in [2.24, 2.45) is 5.92 Å². The lowest BCUT2D eigenvalue weighted by atomic mass is 9.98. The van der Waals surface area contributed by atoms with Crippen LogP contribution >= 0.6 is 0 Å². The van der Waals surface area contributed by atoms with Gasteiger partial charge in [0.2, 0.25) is 0 Å². The molecule has 4 nitrogen and oxygen atoms in total. The number of nitrogens with zero attached hydrogens (tertiary/aromatic N) is 2. The van der Waals surface area contributed by atoms with Crippen LogP contribution in [0.1, 0.15) is 28.8 Å². The molecule has 1 aliphatic heterocycles. The molecule has 1 atom stereocenters. The fourth-order valence-electron chi connectivity index (χ4n) is 2.99. The maximum atomic E-state index is 12.9. The molecule has 0 N–H and O–H groups in total. The Morgan fingerprint density at radius 2 is 2.12 bits per heavy atom. The predicted octanol–water partition coefficient (Wildman–Crippen LogP) is 3.46. The minimum atomic E-state index is -0.274. The standard InChI is InChI=1S/C19H21FN2O2/c1-14-8-9-21-11-18(14)19(23)22-10-2-3-15(12-22)13-24-17-6-4-16(20)5-7-17/h4-9,11,15H,2-3,10,12-13H2,1H3/t15-/m0/s1. The van der Waals surface area contributed by atoms with Crippen molar-refractivity contribution in [1.82, 2.24) is 9.88 Å². The van der Waals surface area contributed by atoms with Crippen LogP contribution in [-0.4, -0.2) is 35.5 Å². The summed E-state index contributed by atoms with van der Waals surface area (Å²) < 4.78 is 18.7. The molecule has 1 saturated heterocycles. The van der Waals surface area contributed by atoms with E-state index in [-0.39, 0.29) is 17.6 Å². The number of carbonyl (C=O) groups is 1. The molecular formula is C19H21FN2O2. The van der Waals surface area contributed by atoms with Gasteiger partial charge in [-0.1, -0.05) is 0 Å². The van der Waals surface area contributed by atoms with E-state index in [4.69, 9.17) is 4.74 Å². The van der Waals surface area contributed by atoms with Gasteiger partial charge in [0.25, 0.3) is 5.91 Å². The number of likely N-dealkylation sites (tertiary alicyclic amines) is 1. The lowest BCUT2D eigenvalue weighted by molar-refractivity contribution is 0.0632. The van der Waals surface area contributed by atoms with Crippen LogP contribution in [0.5, 0.6) is 5.75 Å². The van der Waals surface area contributed by atoms with Gasteiger partial charge in [0, 0.05) is 31.4 Å². The van der Waals surface area contributed by atoms with Crippen LogP contribution in [0.4, 0.5) is 4.39 Å². The number of amides is 1. The molecule has 5 heteroatoms. The Morgan fingerprint density at radius 1 is 1.33 bits per heavy atom. The van der Waals surface area contributed by atoms with E-state index in [0.29, 0.717) is 24.5 Å². The zero-order valence-electron chi connectivity index (χ0n) is 13.7. The highest BCUT2D eigenvalue weighted by atomic mass is 19.1. The molecular weight excluding hydrogens is 307 g/mol. The first-order valence-corrected chi connectivity index (χ1v) is 8.22. The molecule has 3 rings (SSSR count). The van der Waals surface area contributed by atoms with Gasteiger partial charge in [0.1, 0.15) is 11.6 Å². The van der Waals surface area contributed by atoms with Crippen molar-refractivity contribution in [1.29, 1.82) is 0 Å². The smallest absolute Gasteiger partial charge is 0.255 e. The summed E-state index contributed by atoms with van der Waals surface area (Å²) in [6, 6.07) is 7.88. The van der Waals surface area contributed by atoms with Crippen LogP contribution in [0.2, 0.25) is 0 Å². The fourth-order valence-corrected chi connectivity index (χ4v) is 2.99.